The third-order valence-electron chi connectivity index (χ3n) is 4.72. The maximum atomic E-state index is 12.8. The van der Waals surface area contributed by atoms with Crippen LogP contribution in [0.2, 0.25) is 0 Å². The lowest BCUT2D eigenvalue weighted by Crippen LogP contribution is -2.52. The van der Waals surface area contributed by atoms with Gasteiger partial charge in [0.15, 0.2) is 0 Å². The van der Waals surface area contributed by atoms with Gasteiger partial charge >= 0.3 is 0 Å². The van der Waals surface area contributed by atoms with E-state index in [2.05, 4.69) is 9.80 Å². The van der Waals surface area contributed by atoms with Crippen LogP contribution in [0.5, 0.6) is 5.75 Å². The molecule has 1 N–H and O–H groups in total. The van der Waals surface area contributed by atoms with Crippen molar-refractivity contribution in [3.05, 3.63) is 24.3 Å². The Morgan fingerprint density at radius 1 is 1.12 bits per heavy atom. The molecule has 0 aromatic heterocycles. The van der Waals surface area contributed by atoms with Gasteiger partial charge in [0.25, 0.3) is 5.91 Å². The van der Waals surface area contributed by atoms with Crippen molar-refractivity contribution in [2.75, 3.05) is 51.3 Å². The van der Waals surface area contributed by atoms with Gasteiger partial charge in [0, 0.05) is 32.7 Å². The van der Waals surface area contributed by atoms with Gasteiger partial charge in [-0.1, -0.05) is 0 Å². The summed E-state index contributed by atoms with van der Waals surface area (Å²) < 4.78 is 5.11. The van der Waals surface area contributed by atoms with Crippen molar-refractivity contribution >= 4 is 17.5 Å². The van der Waals surface area contributed by atoms with Crippen LogP contribution in [0.15, 0.2) is 24.3 Å². The van der Waals surface area contributed by atoms with Crippen LogP contribution in [0.3, 0.4) is 0 Å². The van der Waals surface area contributed by atoms with Crippen LogP contribution in [-0.2, 0) is 9.59 Å². The van der Waals surface area contributed by atoms with Gasteiger partial charge in [0.05, 0.1) is 31.9 Å². The summed E-state index contributed by atoms with van der Waals surface area (Å²) in [6, 6.07) is 6.58. The van der Waals surface area contributed by atoms with Crippen LogP contribution >= 0.6 is 0 Å². The number of carbonyl (C=O) groups excluding carboxylic acids is 2. The number of hydrogen-bond donors (Lipinski definition) is 1. The van der Waals surface area contributed by atoms with Crippen molar-refractivity contribution in [2.24, 2.45) is 0 Å². The quantitative estimate of drug-likeness (QED) is 0.761. The smallest absolute Gasteiger partial charge is 0.251 e. The molecule has 0 aliphatic carbocycles. The largest absolute Gasteiger partial charge is 0.497 e. The summed E-state index contributed by atoms with van der Waals surface area (Å²) in [6.07, 6.45) is 0.227. The van der Waals surface area contributed by atoms with Gasteiger partial charge in [0.1, 0.15) is 5.75 Å². The molecule has 2 heterocycles. The molecular weight excluding hydrogens is 310 g/mol. The molecule has 1 aromatic carbocycles. The summed E-state index contributed by atoms with van der Waals surface area (Å²) in [5, 5.41) is 9.00. The Bertz CT molecular complexity index is 596. The van der Waals surface area contributed by atoms with Gasteiger partial charge < -0.3 is 9.84 Å². The Hall–Kier alpha value is -1.96. The van der Waals surface area contributed by atoms with Crippen LogP contribution in [0.25, 0.3) is 0 Å². The van der Waals surface area contributed by atoms with E-state index in [0.29, 0.717) is 18.0 Å². The number of anilines is 1. The van der Waals surface area contributed by atoms with E-state index in [1.54, 1.807) is 31.4 Å². The predicted octanol–water partition coefficient (Wildman–Crippen LogP) is -0.0630. The van der Waals surface area contributed by atoms with Crippen molar-refractivity contribution < 1.29 is 19.4 Å². The third-order valence-corrected chi connectivity index (χ3v) is 4.72. The molecule has 0 saturated carbocycles. The Kier molecular flexibility index (Phi) is 5.13. The lowest BCUT2D eigenvalue weighted by molar-refractivity contribution is -0.123. The Morgan fingerprint density at radius 2 is 1.79 bits per heavy atom. The number of hydrogen-bond acceptors (Lipinski definition) is 6. The first kappa shape index (κ1) is 16.9. The van der Waals surface area contributed by atoms with E-state index in [0.717, 1.165) is 26.2 Å². The normalized spacial score (nSPS) is 23.1. The van der Waals surface area contributed by atoms with Gasteiger partial charge in [0.2, 0.25) is 5.91 Å². The molecule has 7 heteroatoms. The maximum absolute atomic E-state index is 12.8. The minimum atomic E-state index is -0.379. The average Bonchev–Trinajstić information content (AvgIpc) is 2.90. The highest BCUT2D eigenvalue weighted by atomic mass is 16.5. The molecule has 3 rings (SSSR count). The van der Waals surface area contributed by atoms with Crippen molar-refractivity contribution in [3.63, 3.8) is 0 Å². The monoisotopic (exact) mass is 333 g/mol. The van der Waals surface area contributed by atoms with Crippen molar-refractivity contribution in [1.82, 2.24) is 9.80 Å². The second kappa shape index (κ2) is 7.29. The number of piperazine rings is 1. The Morgan fingerprint density at radius 3 is 2.38 bits per heavy atom. The van der Waals surface area contributed by atoms with Gasteiger partial charge in [-0.25, -0.2) is 4.90 Å². The number of methoxy groups -OCH3 is 1. The highest BCUT2D eigenvalue weighted by molar-refractivity contribution is 6.22. The Labute approximate surface area is 141 Å². The van der Waals surface area contributed by atoms with E-state index in [4.69, 9.17) is 9.84 Å². The maximum Gasteiger partial charge on any atom is 0.251 e. The first-order chi connectivity index (χ1) is 11.6. The standard InChI is InChI=1S/C17H23N3O4/c1-24-14-4-2-13(3-5-14)20-16(22)12-15(17(20)23)19-8-6-18(7-9-19)10-11-21/h2-5,15,21H,6-12H2,1H3/t15-/m0/s1. The summed E-state index contributed by atoms with van der Waals surface area (Å²) in [5.41, 5.74) is 0.590. The van der Waals surface area contributed by atoms with Crippen LogP contribution in [0.4, 0.5) is 5.69 Å². The molecule has 0 bridgehead atoms. The molecule has 7 nitrogen and oxygen atoms in total. The third kappa shape index (κ3) is 3.28. The molecule has 2 aliphatic heterocycles. The highest BCUT2D eigenvalue weighted by Gasteiger charge is 2.43. The molecule has 2 fully saturated rings. The second-order valence-corrected chi connectivity index (χ2v) is 6.09. The molecule has 24 heavy (non-hydrogen) atoms. The molecule has 0 radical (unpaired) electrons. The predicted molar refractivity (Wildman–Crippen MR) is 89.0 cm³/mol. The van der Waals surface area contributed by atoms with E-state index in [9.17, 15) is 9.59 Å². The zero-order valence-electron chi connectivity index (χ0n) is 13.9. The molecule has 2 saturated heterocycles. The molecular formula is C17H23N3O4. The minimum absolute atomic E-state index is 0.145. The first-order valence-electron chi connectivity index (χ1n) is 8.22. The molecule has 0 spiro atoms. The number of aliphatic hydroxyl groups is 1. The van der Waals surface area contributed by atoms with Gasteiger partial charge in [-0.15, -0.1) is 0 Å². The van der Waals surface area contributed by atoms with Crippen LogP contribution < -0.4 is 9.64 Å². The SMILES string of the molecule is COc1ccc(N2C(=O)C[C@H](N3CCN(CCO)CC3)C2=O)cc1. The molecule has 1 atom stereocenters. The number of β-amino-alcohol motifs (C(OH)–C–C–N with tert-alkyl or cyclic N) is 1. The Balaban J connectivity index is 1.68. The lowest BCUT2D eigenvalue weighted by Gasteiger charge is -2.36. The number of benzene rings is 1. The molecule has 2 aliphatic rings. The number of amides is 2. The van der Waals surface area contributed by atoms with Crippen LogP contribution in [0, 0.1) is 0 Å². The zero-order valence-corrected chi connectivity index (χ0v) is 13.9. The summed E-state index contributed by atoms with van der Waals surface area (Å²) in [5.74, 6) is 0.378. The average molecular weight is 333 g/mol. The van der Waals surface area contributed by atoms with Crippen LogP contribution in [0.1, 0.15) is 6.42 Å². The fourth-order valence-corrected chi connectivity index (χ4v) is 3.34. The van der Waals surface area contributed by atoms with Crippen molar-refractivity contribution in [3.8, 4) is 5.75 Å². The van der Waals surface area contributed by atoms with Gasteiger partial charge in [-0.05, 0) is 24.3 Å². The molecule has 0 unspecified atom stereocenters. The van der Waals surface area contributed by atoms with Gasteiger partial charge in [-0.2, -0.15) is 0 Å². The number of nitrogens with zero attached hydrogens (tertiary/aromatic N) is 3. The molecule has 2 amide bonds. The first-order valence-corrected chi connectivity index (χ1v) is 8.22. The zero-order chi connectivity index (χ0) is 17.1. The summed E-state index contributed by atoms with van der Waals surface area (Å²) >= 11 is 0. The second-order valence-electron chi connectivity index (χ2n) is 6.09. The fourth-order valence-electron chi connectivity index (χ4n) is 3.34. The van der Waals surface area contributed by atoms with E-state index < -0.39 is 0 Å². The number of rotatable bonds is 5. The lowest BCUT2D eigenvalue weighted by atomic mass is 10.1. The number of imide groups is 1. The fraction of sp³-hybridized carbons (Fsp3) is 0.529. The number of ether oxygens (including phenoxy) is 1. The van der Waals surface area contributed by atoms with E-state index in [-0.39, 0.29) is 30.9 Å². The molecule has 1 aromatic rings. The van der Waals surface area contributed by atoms with E-state index in [1.807, 2.05) is 0 Å². The molecule has 130 valence electrons. The summed E-state index contributed by atoms with van der Waals surface area (Å²) in [4.78, 5) is 30.6. The number of aliphatic hydroxyl groups excluding tert-OH is 1. The minimum Gasteiger partial charge on any atom is -0.497 e. The topological polar surface area (TPSA) is 73.3 Å². The van der Waals surface area contributed by atoms with Crippen LogP contribution in [-0.4, -0.2) is 79.2 Å². The van der Waals surface area contributed by atoms with E-state index in [1.165, 1.54) is 4.90 Å². The highest BCUT2D eigenvalue weighted by Crippen LogP contribution is 2.27. The van der Waals surface area contributed by atoms with Gasteiger partial charge in [-0.3, -0.25) is 19.4 Å². The summed E-state index contributed by atoms with van der Waals surface area (Å²) in [6.45, 7) is 3.89. The summed E-state index contributed by atoms with van der Waals surface area (Å²) in [7, 11) is 1.58. The number of carbonyl (C=O) groups is 2. The van der Waals surface area contributed by atoms with Crippen molar-refractivity contribution in [1.29, 1.82) is 0 Å². The van der Waals surface area contributed by atoms with Crippen molar-refractivity contribution in [2.45, 2.75) is 12.5 Å². The van der Waals surface area contributed by atoms with E-state index >= 15 is 0 Å².